The Hall–Kier alpha value is -2.56. The fraction of sp³-hybridized carbons (Fsp3) is 0.200. The standard InChI is InChI=1S/C15H14N2O3/c1-19-15(18)10-6-7-16-14(8-10)17-12-9-20-13-5-3-2-4-11(12)13/h2-8,12H,9H2,1H3,(H,16,17). The van der Waals surface area contributed by atoms with Crippen LogP contribution in [0.2, 0.25) is 0 Å². The molecule has 3 rings (SSSR count). The molecule has 0 saturated heterocycles. The minimum atomic E-state index is -0.376. The topological polar surface area (TPSA) is 60.5 Å². The second kappa shape index (κ2) is 5.21. The summed E-state index contributed by atoms with van der Waals surface area (Å²) in [6, 6.07) is 11.2. The van der Waals surface area contributed by atoms with E-state index in [0.29, 0.717) is 18.0 Å². The van der Waals surface area contributed by atoms with Gasteiger partial charge in [0.2, 0.25) is 0 Å². The Bertz CT molecular complexity index is 643. The summed E-state index contributed by atoms with van der Waals surface area (Å²) in [6.45, 7) is 0.545. The van der Waals surface area contributed by atoms with Crippen LogP contribution in [0, 0.1) is 0 Å². The van der Waals surface area contributed by atoms with Crippen molar-refractivity contribution in [3.63, 3.8) is 0 Å². The molecule has 1 aromatic heterocycles. The number of nitrogens with zero attached hydrogens (tertiary/aromatic N) is 1. The van der Waals surface area contributed by atoms with Crippen LogP contribution in [-0.2, 0) is 4.74 Å². The maximum absolute atomic E-state index is 11.5. The number of fused-ring (bicyclic) bond motifs is 1. The predicted octanol–water partition coefficient (Wildman–Crippen LogP) is 2.41. The van der Waals surface area contributed by atoms with E-state index in [9.17, 15) is 4.79 Å². The molecule has 0 bridgehead atoms. The van der Waals surface area contributed by atoms with Gasteiger partial charge in [0, 0.05) is 11.8 Å². The molecule has 1 atom stereocenters. The van der Waals surface area contributed by atoms with Crippen LogP contribution in [-0.4, -0.2) is 24.7 Å². The van der Waals surface area contributed by atoms with Gasteiger partial charge in [-0.15, -0.1) is 0 Å². The van der Waals surface area contributed by atoms with Crippen LogP contribution in [0.3, 0.4) is 0 Å². The van der Waals surface area contributed by atoms with Gasteiger partial charge in [-0.3, -0.25) is 0 Å². The molecule has 1 unspecified atom stereocenters. The summed E-state index contributed by atoms with van der Waals surface area (Å²) >= 11 is 0. The van der Waals surface area contributed by atoms with Gasteiger partial charge in [0.05, 0.1) is 18.7 Å². The third-order valence-electron chi connectivity index (χ3n) is 3.20. The van der Waals surface area contributed by atoms with E-state index in [4.69, 9.17) is 9.47 Å². The first-order valence-electron chi connectivity index (χ1n) is 6.30. The summed E-state index contributed by atoms with van der Waals surface area (Å²) in [6.07, 6.45) is 1.58. The van der Waals surface area contributed by atoms with E-state index >= 15 is 0 Å². The predicted molar refractivity (Wildman–Crippen MR) is 73.9 cm³/mol. The minimum Gasteiger partial charge on any atom is -0.491 e. The number of carbonyl (C=O) groups is 1. The van der Waals surface area contributed by atoms with E-state index in [2.05, 4.69) is 10.3 Å². The Morgan fingerprint density at radius 3 is 3.10 bits per heavy atom. The molecule has 1 aliphatic rings. The van der Waals surface area contributed by atoms with Crippen molar-refractivity contribution in [1.29, 1.82) is 0 Å². The summed E-state index contributed by atoms with van der Waals surface area (Å²) in [4.78, 5) is 15.7. The molecule has 2 heterocycles. The third kappa shape index (κ3) is 2.30. The van der Waals surface area contributed by atoms with Crippen molar-refractivity contribution in [2.24, 2.45) is 0 Å². The van der Waals surface area contributed by atoms with Crippen LogP contribution in [0.1, 0.15) is 22.0 Å². The van der Waals surface area contributed by atoms with Crippen LogP contribution in [0.25, 0.3) is 0 Å². The molecule has 5 nitrogen and oxygen atoms in total. The lowest BCUT2D eigenvalue weighted by atomic mass is 10.1. The molecular formula is C15H14N2O3. The minimum absolute atomic E-state index is 0.0339. The normalized spacial score (nSPS) is 16.1. The average molecular weight is 270 g/mol. The van der Waals surface area contributed by atoms with Gasteiger partial charge in [-0.05, 0) is 18.2 Å². The average Bonchev–Trinajstić information content (AvgIpc) is 2.90. The lowest BCUT2D eigenvalue weighted by Gasteiger charge is -2.12. The molecule has 0 fully saturated rings. The maximum atomic E-state index is 11.5. The number of methoxy groups -OCH3 is 1. The molecule has 0 spiro atoms. The molecule has 1 aromatic carbocycles. The van der Waals surface area contributed by atoms with Gasteiger partial charge < -0.3 is 14.8 Å². The van der Waals surface area contributed by atoms with Crippen molar-refractivity contribution in [2.45, 2.75) is 6.04 Å². The highest BCUT2D eigenvalue weighted by molar-refractivity contribution is 5.90. The Morgan fingerprint density at radius 2 is 2.25 bits per heavy atom. The van der Waals surface area contributed by atoms with E-state index in [1.54, 1.807) is 18.3 Å². The van der Waals surface area contributed by atoms with Crippen molar-refractivity contribution in [3.05, 3.63) is 53.7 Å². The summed E-state index contributed by atoms with van der Waals surface area (Å²) in [7, 11) is 1.36. The Morgan fingerprint density at radius 1 is 1.40 bits per heavy atom. The van der Waals surface area contributed by atoms with E-state index in [0.717, 1.165) is 11.3 Å². The number of hydrogen-bond acceptors (Lipinski definition) is 5. The molecule has 1 N–H and O–H groups in total. The largest absolute Gasteiger partial charge is 0.491 e. The van der Waals surface area contributed by atoms with Crippen LogP contribution in [0.5, 0.6) is 5.75 Å². The first kappa shape index (κ1) is 12.5. The molecule has 5 heteroatoms. The van der Waals surface area contributed by atoms with Crippen molar-refractivity contribution in [2.75, 3.05) is 19.0 Å². The van der Waals surface area contributed by atoms with E-state index in [1.165, 1.54) is 7.11 Å². The van der Waals surface area contributed by atoms with Crippen molar-refractivity contribution in [1.82, 2.24) is 4.98 Å². The number of benzene rings is 1. The fourth-order valence-corrected chi connectivity index (χ4v) is 2.21. The summed E-state index contributed by atoms with van der Waals surface area (Å²) in [5, 5.41) is 3.27. The van der Waals surface area contributed by atoms with Crippen LogP contribution in [0.15, 0.2) is 42.6 Å². The summed E-state index contributed by atoms with van der Waals surface area (Å²) in [5.74, 6) is 1.13. The lowest BCUT2D eigenvalue weighted by molar-refractivity contribution is 0.0600. The highest BCUT2D eigenvalue weighted by atomic mass is 16.5. The smallest absolute Gasteiger partial charge is 0.338 e. The second-order valence-electron chi connectivity index (χ2n) is 4.47. The Kier molecular flexibility index (Phi) is 3.25. The summed E-state index contributed by atoms with van der Waals surface area (Å²) in [5.41, 5.74) is 1.56. The van der Waals surface area contributed by atoms with Crippen molar-refractivity contribution in [3.8, 4) is 5.75 Å². The molecule has 20 heavy (non-hydrogen) atoms. The number of ether oxygens (including phenoxy) is 2. The van der Waals surface area contributed by atoms with Gasteiger partial charge in [0.15, 0.2) is 0 Å². The van der Waals surface area contributed by atoms with Gasteiger partial charge >= 0.3 is 5.97 Å². The Balaban J connectivity index is 1.81. The molecule has 102 valence electrons. The van der Waals surface area contributed by atoms with Crippen LogP contribution in [0.4, 0.5) is 5.82 Å². The number of esters is 1. The number of para-hydroxylation sites is 1. The van der Waals surface area contributed by atoms with Gasteiger partial charge in [0.1, 0.15) is 18.2 Å². The number of carbonyl (C=O) groups excluding carboxylic acids is 1. The zero-order valence-electron chi connectivity index (χ0n) is 11.0. The number of pyridine rings is 1. The SMILES string of the molecule is COC(=O)c1ccnc(NC2COc3ccccc32)c1. The lowest BCUT2D eigenvalue weighted by Crippen LogP contribution is -2.13. The number of aromatic nitrogens is 1. The second-order valence-corrected chi connectivity index (χ2v) is 4.47. The number of rotatable bonds is 3. The molecule has 0 amide bonds. The van der Waals surface area contributed by atoms with Gasteiger partial charge in [0.25, 0.3) is 0 Å². The number of anilines is 1. The van der Waals surface area contributed by atoms with Gasteiger partial charge in [-0.25, -0.2) is 9.78 Å². The van der Waals surface area contributed by atoms with Crippen LogP contribution < -0.4 is 10.1 Å². The van der Waals surface area contributed by atoms with Gasteiger partial charge in [-0.2, -0.15) is 0 Å². The first-order valence-corrected chi connectivity index (χ1v) is 6.30. The molecule has 0 saturated carbocycles. The van der Waals surface area contributed by atoms with Crippen molar-refractivity contribution < 1.29 is 14.3 Å². The zero-order valence-corrected chi connectivity index (χ0v) is 11.0. The van der Waals surface area contributed by atoms with Gasteiger partial charge in [-0.1, -0.05) is 18.2 Å². The molecular weight excluding hydrogens is 256 g/mol. The first-order chi connectivity index (χ1) is 9.78. The zero-order chi connectivity index (χ0) is 13.9. The molecule has 0 radical (unpaired) electrons. The van der Waals surface area contributed by atoms with E-state index in [1.807, 2.05) is 24.3 Å². The molecule has 1 aliphatic heterocycles. The highest BCUT2D eigenvalue weighted by Crippen LogP contribution is 2.33. The quantitative estimate of drug-likeness (QED) is 0.868. The summed E-state index contributed by atoms with van der Waals surface area (Å²) < 4.78 is 10.3. The van der Waals surface area contributed by atoms with E-state index in [-0.39, 0.29) is 12.0 Å². The van der Waals surface area contributed by atoms with Crippen LogP contribution >= 0.6 is 0 Å². The number of hydrogen-bond donors (Lipinski definition) is 1. The molecule has 2 aromatic rings. The molecule has 0 aliphatic carbocycles. The third-order valence-corrected chi connectivity index (χ3v) is 3.20. The number of nitrogens with one attached hydrogen (secondary N) is 1. The van der Waals surface area contributed by atoms with Crippen molar-refractivity contribution >= 4 is 11.8 Å². The van der Waals surface area contributed by atoms with E-state index < -0.39 is 0 Å². The monoisotopic (exact) mass is 270 g/mol. The fourth-order valence-electron chi connectivity index (χ4n) is 2.21. The Labute approximate surface area is 116 Å². The highest BCUT2D eigenvalue weighted by Gasteiger charge is 2.23. The maximum Gasteiger partial charge on any atom is 0.338 e.